The van der Waals surface area contributed by atoms with E-state index < -0.39 is 5.91 Å². The van der Waals surface area contributed by atoms with Crippen molar-refractivity contribution in [3.8, 4) is 6.07 Å². The number of nitriles is 1. The average Bonchev–Trinajstić information content (AvgIpc) is 3.52. The summed E-state index contributed by atoms with van der Waals surface area (Å²) < 4.78 is 8.31. The van der Waals surface area contributed by atoms with Gasteiger partial charge >= 0.3 is 0 Å². The fourth-order valence-electron chi connectivity index (χ4n) is 4.17. The highest BCUT2D eigenvalue weighted by molar-refractivity contribution is 9.10. The van der Waals surface area contributed by atoms with Crippen LogP contribution in [0.3, 0.4) is 0 Å². The highest BCUT2D eigenvalue weighted by atomic mass is 79.9. The lowest BCUT2D eigenvalue weighted by molar-refractivity contribution is -0.130. The van der Waals surface area contributed by atoms with Crippen LogP contribution in [0.15, 0.2) is 34.4 Å². The normalized spacial score (nSPS) is 19.0. The highest BCUT2D eigenvalue weighted by Gasteiger charge is 2.21. The predicted octanol–water partition coefficient (Wildman–Crippen LogP) is 3.23. The van der Waals surface area contributed by atoms with Crippen molar-refractivity contribution in [1.29, 1.82) is 5.26 Å². The van der Waals surface area contributed by atoms with Crippen LogP contribution in [-0.4, -0.2) is 53.6 Å². The number of nitrogens with one attached hydrogen (secondary N) is 1. The zero-order chi connectivity index (χ0) is 21.8. The Morgan fingerprint density at radius 3 is 2.81 bits per heavy atom. The molecule has 0 radical (unpaired) electrons. The van der Waals surface area contributed by atoms with E-state index in [1.807, 2.05) is 39.9 Å². The molecule has 162 valence electrons. The lowest BCUT2D eigenvalue weighted by atomic mass is 10.1. The van der Waals surface area contributed by atoms with Crippen molar-refractivity contribution in [2.75, 3.05) is 26.2 Å². The Kier molecular flexibility index (Phi) is 6.73. The minimum absolute atomic E-state index is 0.0124. The molecule has 2 saturated heterocycles. The monoisotopic (exact) mass is 484 g/mol. The fourth-order valence-corrected chi connectivity index (χ4v) is 4.53. The molecule has 1 aromatic carbocycles. The van der Waals surface area contributed by atoms with Crippen LogP contribution in [0.1, 0.15) is 31.2 Å². The molecule has 8 heteroatoms. The molecule has 4 rings (SSSR count). The van der Waals surface area contributed by atoms with E-state index in [2.05, 4.69) is 21.2 Å². The van der Waals surface area contributed by atoms with Crippen LogP contribution < -0.4 is 5.32 Å². The third kappa shape index (κ3) is 5.00. The van der Waals surface area contributed by atoms with E-state index >= 15 is 0 Å². The maximum absolute atomic E-state index is 12.7. The second-order valence-electron chi connectivity index (χ2n) is 7.98. The number of nitrogens with zero attached hydrogens (tertiary/aromatic N) is 3. The Labute approximate surface area is 189 Å². The first kappa shape index (κ1) is 21.6. The van der Waals surface area contributed by atoms with Gasteiger partial charge < -0.3 is 19.5 Å². The number of likely N-dealkylation sites (tertiary alicyclic amines) is 1. The van der Waals surface area contributed by atoms with Gasteiger partial charge in [-0.15, -0.1) is 0 Å². The van der Waals surface area contributed by atoms with Gasteiger partial charge in [0.2, 0.25) is 5.91 Å². The number of carbonyl (C=O) groups is 2. The van der Waals surface area contributed by atoms with E-state index in [-0.39, 0.29) is 24.1 Å². The van der Waals surface area contributed by atoms with Crippen LogP contribution in [0.25, 0.3) is 17.0 Å². The Hall–Kier alpha value is -2.63. The SMILES string of the molecule is N#C/C(=C\c1cn(CC(=O)N2CCCC2)c2ccc(Br)cc12)C(=O)NC[C@@H]1CCCO1. The van der Waals surface area contributed by atoms with E-state index in [9.17, 15) is 14.9 Å². The second-order valence-corrected chi connectivity index (χ2v) is 8.89. The standard InChI is InChI=1S/C23H25BrN4O3/c24-18-5-6-21-20(11-18)17(14-28(21)15-22(29)27-7-1-2-8-27)10-16(12-25)23(30)26-13-19-4-3-9-31-19/h5-6,10-11,14,19H,1-4,7-9,13,15H2,(H,26,30)/b16-10+/t19-/m0/s1. The molecule has 0 unspecified atom stereocenters. The van der Waals surface area contributed by atoms with E-state index in [0.29, 0.717) is 13.2 Å². The Morgan fingerprint density at radius 1 is 1.29 bits per heavy atom. The smallest absolute Gasteiger partial charge is 0.262 e. The summed E-state index contributed by atoms with van der Waals surface area (Å²) in [6.45, 7) is 2.96. The molecule has 0 bridgehead atoms. The van der Waals surface area contributed by atoms with Gasteiger partial charge in [0, 0.05) is 53.4 Å². The second kappa shape index (κ2) is 9.67. The van der Waals surface area contributed by atoms with Gasteiger partial charge in [0.15, 0.2) is 0 Å². The van der Waals surface area contributed by atoms with Crippen molar-refractivity contribution in [3.63, 3.8) is 0 Å². The highest BCUT2D eigenvalue weighted by Crippen LogP contribution is 2.27. The average molecular weight is 485 g/mol. The van der Waals surface area contributed by atoms with Crippen molar-refractivity contribution in [2.24, 2.45) is 0 Å². The van der Waals surface area contributed by atoms with Gasteiger partial charge in [-0.3, -0.25) is 9.59 Å². The van der Waals surface area contributed by atoms with Crippen molar-refractivity contribution in [2.45, 2.75) is 38.3 Å². The van der Waals surface area contributed by atoms with Crippen molar-refractivity contribution in [3.05, 3.63) is 40.0 Å². The van der Waals surface area contributed by atoms with Gasteiger partial charge in [0.1, 0.15) is 18.2 Å². The van der Waals surface area contributed by atoms with Gasteiger partial charge in [-0.1, -0.05) is 15.9 Å². The van der Waals surface area contributed by atoms with E-state index in [1.54, 1.807) is 6.08 Å². The number of carbonyl (C=O) groups excluding carboxylic acids is 2. The largest absolute Gasteiger partial charge is 0.376 e. The van der Waals surface area contributed by atoms with Crippen molar-refractivity contribution in [1.82, 2.24) is 14.8 Å². The minimum atomic E-state index is -0.415. The van der Waals surface area contributed by atoms with E-state index in [4.69, 9.17) is 4.74 Å². The summed E-state index contributed by atoms with van der Waals surface area (Å²) >= 11 is 3.49. The van der Waals surface area contributed by atoms with Gasteiger partial charge in [0.05, 0.1) is 6.10 Å². The summed E-state index contributed by atoms with van der Waals surface area (Å²) in [7, 11) is 0. The van der Waals surface area contributed by atoms with Crippen molar-refractivity contribution >= 4 is 44.7 Å². The number of rotatable bonds is 6. The Morgan fingerprint density at radius 2 is 2.10 bits per heavy atom. The number of halogens is 1. The quantitative estimate of drug-likeness (QED) is 0.503. The van der Waals surface area contributed by atoms with Gasteiger partial charge in [0.25, 0.3) is 5.91 Å². The maximum Gasteiger partial charge on any atom is 0.262 e. The summed E-state index contributed by atoms with van der Waals surface area (Å²) in [6, 6.07) is 7.82. The number of benzene rings is 1. The number of ether oxygens (including phenoxy) is 1. The lowest BCUT2D eigenvalue weighted by Crippen LogP contribution is -2.32. The number of fused-ring (bicyclic) bond motifs is 1. The lowest BCUT2D eigenvalue weighted by Gasteiger charge is -2.16. The molecule has 0 saturated carbocycles. The first-order chi connectivity index (χ1) is 15.0. The minimum Gasteiger partial charge on any atom is -0.376 e. The van der Waals surface area contributed by atoms with Gasteiger partial charge in [-0.25, -0.2) is 0 Å². The first-order valence-electron chi connectivity index (χ1n) is 10.6. The van der Waals surface area contributed by atoms with Crippen LogP contribution in [0.2, 0.25) is 0 Å². The van der Waals surface area contributed by atoms with Crippen LogP contribution >= 0.6 is 15.9 Å². The van der Waals surface area contributed by atoms with Gasteiger partial charge in [-0.2, -0.15) is 5.26 Å². The predicted molar refractivity (Wildman–Crippen MR) is 121 cm³/mol. The Bertz CT molecular complexity index is 1060. The Balaban J connectivity index is 1.59. The zero-order valence-electron chi connectivity index (χ0n) is 17.3. The molecule has 2 aliphatic heterocycles. The third-order valence-electron chi connectivity index (χ3n) is 5.82. The number of hydrogen-bond donors (Lipinski definition) is 1. The number of hydrogen-bond acceptors (Lipinski definition) is 4. The van der Waals surface area contributed by atoms with Crippen LogP contribution in [0, 0.1) is 11.3 Å². The summed E-state index contributed by atoms with van der Waals surface area (Å²) in [4.78, 5) is 27.1. The number of aromatic nitrogens is 1. The topological polar surface area (TPSA) is 87.4 Å². The number of amides is 2. The summed E-state index contributed by atoms with van der Waals surface area (Å²) in [5, 5.41) is 13.3. The molecule has 3 heterocycles. The van der Waals surface area contributed by atoms with Crippen LogP contribution in [-0.2, 0) is 20.9 Å². The van der Waals surface area contributed by atoms with E-state index in [1.165, 1.54) is 0 Å². The molecule has 2 aromatic rings. The molecule has 2 aliphatic rings. The summed E-state index contributed by atoms with van der Waals surface area (Å²) in [5.41, 5.74) is 1.65. The molecule has 0 aliphatic carbocycles. The molecular weight excluding hydrogens is 460 g/mol. The maximum atomic E-state index is 12.7. The van der Waals surface area contributed by atoms with Gasteiger partial charge in [-0.05, 0) is 50.0 Å². The van der Waals surface area contributed by atoms with E-state index in [0.717, 1.165) is 59.7 Å². The van der Waals surface area contributed by atoms with Crippen LogP contribution in [0.5, 0.6) is 0 Å². The zero-order valence-corrected chi connectivity index (χ0v) is 18.9. The summed E-state index contributed by atoms with van der Waals surface area (Å²) in [5.74, 6) is -0.329. The van der Waals surface area contributed by atoms with Crippen LogP contribution in [0.4, 0.5) is 0 Å². The molecule has 2 amide bonds. The van der Waals surface area contributed by atoms with Crippen molar-refractivity contribution < 1.29 is 14.3 Å². The summed E-state index contributed by atoms with van der Waals surface area (Å²) in [6.07, 6.45) is 7.45. The molecule has 0 spiro atoms. The molecule has 7 nitrogen and oxygen atoms in total. The first-order valence-corrected chi connectivity index (χ1v) is 11.4. The fraction of sp³-hybridized carbons (Fsp3) is 0.435. The molecule has 31 heavy (non-hydrogen) atoms. The molecule has 1 N–H and O–H groups in total. The molecule has 1 atom stereocenters. The molecule has 1 aromatic heterocycles. The molecular formula is C23H25BrN4O3. The molecule has 2 fully saturated rings. The third-order valence-corrected chi connectivity index (χ3v) is 6.31.